The van der Waals surface area contributed by atoms with E-state index in [1.807, 2.05) is 36.8 Å². The maximum absolute atomic E-state index is 12.9. The Balaban J connectivity index is 1.78. The Morgan fingerprint density at radius 3 is 2.88 bits per heavy atom. The molecule has 0 N–H and O–H groups in total. The van der Waals surface area contributed by atoms with Crippen LogP contribution in [-0.4, -0.2) is 57.2 Å². The summed E-state index contributed by atoms with van der Waals surface area (Å²) in [6, 6.07) is 0.324. The molecule has 0 bridgehead atoms. The maximum Gasteiger partial charge on any atom is 0.265 e. The molecule has 6 nitrogen and oxygen atoms in total. The van der Waals surface area contributed by atoms with Crippen molar-refractivity contribution in [3.05, 3.63) is 34.0 Å². The molecule has 1 amide bonds. The summed E-state index contributed by atoms with van der Waals surface area (Å²) in [4.78, 5) is 22.4. The van der Waals surface area contributed by atoms with Crippen LogP contribution in [0.3, 0.4) is 0 Å². The van der Waals surface area contributed by atoms with Crippen molar-refractivity contribution in [3.63, 3.8) is 0 Å². The van der Waals surface area contributed by atoms with Gasteiger partial charge in [-0.3, -0.25) is 14.4 Å². The number of piperidine rings is 1. The molecule has 7 heteroatoms. The van der Waals surface area contributed by atoms with E-state index in [1.54, 1.807) is 5.51 Å². The number of nitrogens with zero attached hydrogens (tertiary/aromatic N) is 5. The van der Waals surface area contributed by atoms with Crippen LogP contribution in [0, 0.1) is 5.92 Å². The van der Waals surface area contributed by atoms with E-state index in [4.69, 9.17) is 0 Å². The highest BCUT2D eigenvalue weighted by molar-refractivity contribution is 7.11. The summed E-state index contributed by atoms with van der Waals surface area (Å²) < 4.78 is 1.87. The number of hydrogen-bond donors (Lipinski definition) is 0. The number of rotatable bonds is 6. The van der Waals surface area contributed by atoms with Crippen molar-refractivity contribution in [2.45, 2.75) is 39.2 Å². The second-order valence-corrected chi connectivity index (χ2v) is 7.95. The van der Waals surface area contributed by atoms with E-state index in [9.17, 15) is 4.79 Å². The second-order valence-electron chi connectivity index (χ2n) is 7.09. The lowest BCUT2D eigenvalue weighted by Crippen LogP contribution is -2.43. The van der Waals surface area contributed by atoms with Gasteiger partial charge in [0.05, 0.1) is 17.4 Å². The van der Waals surface area contributed by atoms with Crippen LogP contribution in [0.1, 0.15) is 53.7 Å². The minimum Gasteiger partial charge on any atom is -0.341 e. The van der Waals surface area contributed by atoms with Gasteiger partial charge in [-0.25, -0.2) is 4.98 Å². The summed E-state index contributed by atoms with van der Waals surface area (Å²) in [6.07, 6.45) is 7.20. The highest BCUT2D eigenvalue weighted by Gasteiger charge is 2.34. The van der Waals surface area contributed by atoms with Gasteiger partial charge < -0.3 is 4.90 Å². The number of aromatic nitrogens is 3. The molecule has 0 aromatic carbocycles. The third-order valence-electron chi connectivity index (χ3n) is 5.36. The van der Waals surface area contributed by atoms with Gasteiger partial charge in [-0.05, 0) is 38.3 Å². The number of thiazole rings is 1. The standard InChI is InChI=1S/C19H29N5OS/c1-5-16-18(26-13-20-16)19(25)22(3)11-14-8-7-9-24(6-2)17(14)15-10-21-23(4)12-15/h10,12-14,17H,5-9,11H2,1-4H3/t14-,17+/m0/s1. The summed E-state index contributed by atoms with van der Waals surface area (Å²) in [5.41, 5.74) is 3.94. The highest BCUT2D eigenvalue weighted by Crippen LogP contribution is 2.36. The third-order valence-corrected chi connectivity index (χ3v) is 6.21. The van der Waals surface area contributed by atoms with E-state index >= 15 is 0 Å². The molecule has 142 valence electrons. The van der Waals surface area contributed by atoms with Crippen LogP contribution < -0.4 is 0 Å². The van der Waals surface area contributed by atoms with Crippen LogP contribution in [0.4, 0.5) is 0 Å². The number of carbonyl (C=O) groups excluding carboxylic acids is 1. The zero-order valence-electron chi connectivity index (χ0n) is 16.2. The summed E-state index contributed by atoms with van der Waals surface area (Å²) >= 11 is 1.45. The molecule has 0 radical (unpaired) electrons. The van der Waals surface area contributed by atoms with Crippen molar-refractivity contribution in [1.29, 1.82) is 0 Å². The summed E-state index contributed by atoms with van der Waals surface area (Å²) in [7, 11) is 3.88. The summed E-state index contributed by atoms with van der Waals surface area (Å²) in [5.74, 6) is 0.516. The van der Waals surface area contributed by atoms with Crippen LogP contribution >= 0.6 is 11.3 Å². The predicted molar refractivity (Wildman–Crippen MR) is 104 cm³/mol. The molecule has 1 saturated heterocycles. The number of carbonyl (C=O) groups is 1. The van der Waals surface area contributed by atoms with Gasteiger partial charge >= 0.3 is 0 Å². The third kappa shape index (κ3) is 3.83. The van der Waals surface area contributed by atoms with E-state index in [2.05, 4.69) is 28.1 Å². The lowest BCUT2D eigenvalue weighted by molar-refractivity contribution is 0.0591. The smallest absolute Gasteiger partial charge is 0.265 e. The topological polar surface area (TPSA) is 54.3 Å². The van der Waals surface area contributed by atoms with Gasteiger partial charge in [0.15, 0.2) is 0 Å². The number of aryl methyl sites for hydroxylation is 2. The zero-order valence-corrected chi connectivity index (χ0v) is 17.0. The first kappa shape index (κ1) is 19.0. The van der Waals surface area contributed by atoms with Crippen LogP contribution in [0.2, 0.25) is 0 Å². The van der Waals surface area contributed by atoms with Crippen LogP contribution in [0.25, 0.3) is 0 Å². The Morgan fingerprint density at radius 2 is 2.23 bits per heavy atom. The minimum atomic E-state index is 0.0999. The number of likely N-dealkylation sites (tertiary alicyclic amines) is 1. The van der Waals surface area contributed by atoms with Gasteiger partial charge in [0.25, 0.3) is 5.91 Å². The van der Waals surface area contributed by atoms with Crippen molar-refractivity contribution in [2.75, 3.05) is 26.7 Å². The van der Waals surface area contributed by atoms with E-state index < -0.39 is 0 Å². The molecule has 1 aliphatic rings. The van der Waals surface area contributed by atoms with Crippen molar-refractivity contribution in [1.82, 2.24) is 24.6 Å². The summed E-state index contributed by atoms with van der Waals surface area (Å²) in [5, 5.41) is 4.38. The van der Waals surface area contributed by atoms with Crippen molar-refractivity contribution < 1.29 is 4.79 Å². The summed E-state index contributed by atoms with van der Waals surface area (Å²) in [6.45, 7) is 7.15. The van der Waals surface area contributed by atoms with Gasteiger partial charge in [0.2, 0.25) is 0 Å². The molecule has 3 heterocycles. The Kier molecular flexibility index (Phi) is 6.09. The van der Waals surface area contributed by atoms with Crippen molar-refractivity contribution in [2.24, 2.45) is 13.0 Å². The molecule has 0 spiro atoms. The number of hydrogen-bond acceptors (Lipinski definition) is 5. The van der Waals surface area contributed by atoms with Crippen molar-refractivity contribution >= 4 is 17.2 Å². The van der Waals surface area contributed by atoms with Gasteiger partial charge in [0, 0.05) is 38.4 Å². The SMILES string of the molecule is CCc1ncsc1C(=O)N(C)C[C@@H]1CCCN(CC)[C@H]1c1cnn(C)c1. The number of amides is 1. The maximum atomic E-state index is 12.9. The molecule has 3 rings (SSSR count). The first-order chi connectivity index (χ1) is 12.5. The zero-order chi connectivity index (χ0) is 18.7. The van der Waals surface area contributed by atoms with E-state index in [0.29, 0.717) is 12.0 Å². The lowest BCUT2D eigenvalue weighted by Gasteiger charge is -2.42. The second kappa shape index (κ2) is 8.31. The van der Waals surface area contributed by atoms with E-state index in [0.717, 1.165) is 43.0 Å². The van der Waals surface area contributed by atoms with E-state index in [-0.39, 0.29) is 5.91 Å². The van der Waals surface area contributed by atoms with Gasteiger partial charge in [-0.15, -0.1) is 11.3 Å². The average Bonchev–Trinajstić information content (AvgIpc) is 3.29. The molecule has 0 saturated carbocycles. The Hall–Kier alpha value is -1.73. The quantitative estimate of drug-likeness (QED) is 0.779. The van der Waals surface area contributed by atoms with Crippen LogP contribution in [-0.2, 0) is 13.5 Å². The molecule has 0 unspecified atom stereocenters. The first-order valence-corrected chi connectivity index (χ1v) is 10.3. The molecule has 2 atom stereocenters. The predicted octanol–water partition coefficient (Wildman–Crippen LogP) is 2.98. The Morgan fingerprint density at radius 1 is 1.42 bits per heavy atom. The van der Waals surface area contributed by atoms with Gasteiger partial charge in [-0.1, -0.05) is 13.8 Å². The molecule has 1 fully saturated rings. The average molecular weight is 376 g/mol. The minimum absolute atomic E-state index is 0.0999. The molecular formula is C19H29N5OS. The van der Waals surface area contributed by atoms with Gasteiger partial charge in [-0.2, -0.15) is 5.10 Å². The fourth-order valence-corrected chi connectivity index (χ4v) is 4.95. The highest BCUT2D eigenvalue weighted by atomic mass is 32.1. The lowest BCUT2D eigenvalue weighted by atomic mass is 9.85. The Bertz CT molecular complexity index is 740. The Labute approximate surface area is 159 Å². The normalized spacial score (nSPS) is 21.1. The fraction of sp³-hybridized carbons (Fsp3) is 0.632. The largest absolute Gasteiger partial charge is 0.341 e. The molecule has 1 aliphatic heterocycles. The van der Waals surface area contributed by atoms with Crippen LogP contribution in [0.5, 0.6) is 0 Å². The van der Waals surface area contributed by atoms with E-state index in [1.165, 1.54) is 23.3 Å². The molecular weight excluding hydrogens is 346 g/mol. The van der Waals surface area contributed by atoms with Crippen LogP contribution in [0.15, 0.2) is 17.9 Å². The first-order valence-electron chi connectivity index (χ1n) is 9.45. The molecule has 2 aromatic rings. The van der Waals surface area contributed by atoms with Gasteiger partial charge in [0.1, 0.15) is 4.88 Å². The molecule has 26 heavy (non-hydrogen) atoms. The molecule has 0 aliphatic carbocycles. The van der Waals surface area contributed by atoms with Crippen molar-refractivity contribution in [3.8, 4) is 0 Å². The molecule has 2 aromatic heterocycles. The fourth-order valence-electron chi connectivity index (χ4n) is 4.08. The monoisotopic (exact) mass is 375 g/mol.